The molecule has 2 saturated heterocycles. The van der Waals surface area contributed by atoms with Crippen LogP contribution in [0.3, 0.4) is 0 Å². The highest BCUT2D eigenvalue weighted by molar-refractivity contribution is 7.59. The fraction of sp³-hybridized carbons (Fsp3) is 0.700. The largest absolute Gasteiger partial charge is 0.756 e. The molecule has 1 amide bonds. The van der Waals surface area contributed by atoms with E-state index in [0.717, 1.165) is 26.1 Å². The predicted octanol–water partition coefficient (Wildman–Crippen LogP) is -6.75. The van der Waals surface area contributed by atoms with E-state index in [9.17, 15) is 63.6 Å². The minimum absolute atomic E-state index is 0.680. The van der Waals surface area contributed by atoms with Crippen LogP contribution in [0, 0.1) is 0 Å². The number of nitrogens with zero attached hydrogens (tertiary/aromatic N) is 1. The molecule has 0 saturated carbocycles. The number of carboxylic acids is 1. The lowest BCUT2D eigenvalue weighted by atomic mass is 9.96. The lowest BCUT2D eigenvalue weighted by Gasteiger charge is -2.46. The summed E-state index contributed by atoms with van der Waals surface area (Å²) in [5.41, 5.74) is -1.83. The highest BCUT2D eigenvalue weighted by atomic mass is 31.3. The van der Waals surface area contributed by atoms with Crippen molar-refractivity contribution in [1.82, 2.24) is 14.9 Å². The van der Waals surface area contributed by atoms with Crippen LogP contribution in [-0.2, 0) is 46.3 Å². The number of nitrogens with one attached hydrogen (secondary N) is 2. The Morgan fingerprint density at radius 3 is 2.34 bits per heavy atom. The highest BCUT2D eigenvalue weighted by Crippen LogP contribution is 2.57. The number of hydrogen-bond acceptors (Lipinski definition) is 19. The number of aliphatic hydroxyl groups excluding tert-OH is 4. The maximum absolute atomic E-state index is 12.6. The summed E-state index contributed by atoms with van der Waals surface area (Å²) < 4.78 is 54.2. The predicted molar refractivity (Wildman–Crippen MR) is 129 cm³/mol. The van der Waals surface area contributed by atoms with Crippen LogP contribution in [0.2, 0.25) is 0 Å². The number of carboxylic acid groups (broad SMARTS) is 1. The van der Waals surface area contributed by atoms with Crippen molar-refractivity contribution in [2.75, 3.05) is 13.2 Å². The Kier molecular flexibility index (Phi) is 11.8. The molecule has 3 heterocycles. The SMILES string of the molecule is CC(=O)N[C@H]1[C@H](OP(=O)([O-])OP(=O)([O-])OC[C@H]2O[C@@H](n3ccc(=O)[nH]c3=O)[C@H](O)[C@@H]2O)O[C@H](CO)[C@@H](O)[C@@H]1O[C@H](C)C(=O)[O-]. The van der Waals surface area contributed by atoms with Gasteiger partial charge in [0, 0.05) is 19.2 Å². The van der Waals surface area contributed by atoms with E-state index in [1.54, 1.807) is 0 Å². The Morgan fingerprint density at radius 1 is 1.11 bits per heavy atom. The average Bonchev–Trinajstić information content (AvgIpc) is 3.18. The molecule has 0 spiro atoms. The van der Waals surface area contributed by atoms with Gasteiger partial charge in [0.2, 0.25) is 5.91 Å². The van der Waals surface area contributed by atoms with Gasteiger partial charge in [0.1, 0.15) is 42.7 Å². The first-order valence-electron chi connectivity index (χ1n) is 12.4. The fourth-order valence-electron chi connectivity index (χ4n) is 4.18. The van der Waals surface area contributed by atoms with Gasteiger partial charge in [0.15, 0.2) is 12.5 Å². The van der Waals surface area contributed by atoms with Crippen LogP contribution in [0.4, 0.5) is 0 Å². The van der Waals surface area contributed by atoms with Gasteiger partial charge in [-0.25, -0.2) is 9.11 Å². The van der Waals surface area contributed by atoms with Gasteiger partial charge in [0.05, 0.1) is 25.3 Å². The van der Waals surface area contributed by atoms with Gasteiger partial charge in [-0.05, 0) is 6.92 Å². The maximum Gasteiger partial charge on any atom is 0.330 e. The summed E-state index contributed by atoms with van der Waals surface area (Å²) in [5, 5.41) is 53.7. The van der Waals surface area contributed by atoms with Crippen LogP contribution < -0.4 is 31.5 Å². The van der Waals surface area contributed by atoms with Gasteiger partial charge in [-0.1, -0.05) is 0 Å². The summed E-state index contributed by atoms with van der Waals surface area (Å²) in [7, 11) is -12.0. The number of aromatic amines is 1. The molecule has 2 fully saturated rings. The van der Waals surface area contributed by atoms with Crippen molar-refractivity contribution >= 4 is 27.5 Å². The second-order valence-electron chi connectivity index (χ2n) is 9.45. The molecule has 6 N–H and O–H groups in total. The Hall–Kier alpha value is -2.40. The van der Waals surface area contributed by atoms with Crippen LogP contribution in [0.1, 0.15) is 20.1 Å². The van der Waals surface area contributed by atoms with Gasteiger partial charge in [0.25, 0.3) is 21.2 Å². The quantitative estimate of drug-likeness (QED) is 0.106. The van der Waals surface area contributed by atoms with Crippen molar-refractivity contribution in [3.05, 3.63) is 33.1 Å². The molecule has 2 aliphatic heterocycles. The van der Waals surface area contributed by atoms with Crippen molar-refractivity contribution in [1.29, 1.82) is 0 Å². The second-order valence-corrected chi connectivity index (χ2v) is 12.4. The minimum atomic E-state index is -6.07. The zero-order valence-electron chi connectivity index (χ0n) is 22.6. The summed E-state index contributed by atoms with van der Waals surface area (Å²) in [4.78, 5) is 72.9. The van der Waals surface area contributed by atoms with Gasteiger partial charge < -0.3 is 64.2 Å². The third-order valence-corrected chi connectivity index (χ3v) is 8.74. The van der Waals surface area contributed by atoms with E-state index in [1.807, 2.05) is 4.98 Å². The Bertz CT molecular complexity index is 1400. The molecule has 0 bridgehead atoms. The van der Waals surface area contributed by atoms with E-state index in [4.69, 9.17) is 14.2 Å². The number of carbonyl (C=O) groups is 2. The number of aliphatic hydroxyl groups is 4. The molecule has 44 heavy (non-hydrogen) atoms. The molecule has 22 nitrogen and oxygen atoms in total. The van der Waals surface area contributed by atoms with Crippen LogP contribution in [0.5, 0.6) is 0 Å². The second kappa shape index (κ2) is 14.4. The average molecular weight is 676 g/mol. The zero-order valence-corrected chi connectivity index (χ0v) is 24.4. The molecule has 250 valence electrons. The van der Waals surface area contributed by atoms with E-state index in [1.165, 1.54) is 0 Å². The number of H-pyrrole nitrogens is 1. The van der Waals surface area contributed by atoms with Gasteiger partial charge >= 0.3 is 5.69 Å². The molecule has 1 aromatic rings. The van der Waals surface area contributed by atoms with Crippen molar-refractivity contribution in [2.24, 2.45) is 0 Å². The number of phosphoric acid groups is 2. The minimum Gasteiger partial charge on any atom is -0.756 e. The highest BCUT2D eigenvalue weighted by Gasteiger charge is 2.49. The molecular weight excluding hydrogens is 648 g/mol. The Morgan fingerprint density at radius 2 is 1.77 bits per heavy atom. The molecule has 0 aromatic carbocycles. The summed E-state index contributed by atoms with van der Waals surface area (Å²) in [5.74, 6) is -2.66. The molecular formula is C20H28N3O19P2-3. The van der Waals surface area contributed by atoms with E-state index < -0.39 is 113 Å². The molecule has 12 atom stereocenters. The number of aliphatic carboxylic acids is 1. The van der Waals surface area contributed by atoms with Crippen LogP contribution in [-0.4, -0.2) is 110 Å². The van der Waals surface area contributed by atoms with Gasteiger partial charge in [-0.15, -0.1) is 0 Å². The van der Waals surface area contributed by atoms with E-state index in [-0.39, 0.29) is 0 Å². The number of carbonyl (C=O) groups excluding carboxylic acids is 2. The number of hydrogen-bond donors (Lipinski definition) is 6. The van der Waals surface area contributed by atoms with Crippen LogP contribution >= 0.6 is 15.6 Å². The van der Waals surface area contributed by atoms with E-state index >= 15 is 0 Å². The van der Waals surface area contributed by atoms with Crippen LogP contribution in [0.25, 0.3) is 0 Å². The summed E-state index contributed by atoms with van der Waals surface area (Å²) >= 11 is 0. The first-order valence-corrected chi connectivity index (χ1v) is 15.3. The van der Waals surface area contributed by atoms with Crippen molar-refractivity contribution in [3.8, 4) is 0 Å². The van der Waals surface area contributed by atoms with Crippen LogP contribution in [0.15, 0.2) is 21.9 Å². The Balaban J connectivity index is 1.72. The molecule has 3 rings (SSSR count). The first-order chi connectivity index (χ1) is 20.4. The smallest absolute Gasteiger partial charge is 0.330 e. The third kappa shape index (κ3) is 8.86. The zero-order chi connectivity index (χ0) is 33.1. The fourth-order valence-corrected chi connectivity index (χ4v) is 6.27. The topological polar surface area (TPSA) is 341 Å². The molecule has 0 aliphatic carbocycles. The standard InChI is InChI=1S/C20H31N3O19P2/c1-7(18(30)31)38-16-12(21-8(2)25)19(40-9(5-24)14(16)28)41-44(35,36)42-43(33,34)37-6-10-13(27)15(29)17(39-10)23-4-3-11(26)22-20(23)32/h3-4,7,9-10,12-17,19,24,27-29H,5-6H2,1-2H3,(H,21,25)(H,30,31)(H,33,34)(H,35,36)(H,22,26,32)/p-3/t7-,9-,10-,12-,13-,14-,15-,16-,17-,19+/m1/s1. The van der Waals surface area contributed by atoms with Gasteiger partial charge in [-0.3, -0.25) is 32.8 Å². The maximum atomic E-state index is 12.6. The molecule has 0 radical (unpaired) electrons. The number of ether oxygens (including phenoxy) is 3. The number of aromatic nitrogens is 2. The lowest BCUT2D eigenvalue weighted by Crippen LogP contribution is -2.66. The van der Waals surface area contributed by atoms with Crippen molar-refractivity contribution in [3.63, 3.8) is 0 Å². The Labute approximate surface area is 245 Å². The summed E-state index contributed by atoms with van der Waals surface area (Å²) in [6, 6.07) is -0.935. The number of rotatable bonds is 13. The molecule has 24 heteroatoms. The number of amides is 1. The lowest BCUT2D eigenvalue weighted by molar-refractivity contribution is -0.326. The monoisotopic (exact) mass is 676 g/mol. The first kappa shape index (κ1) is 36.1. The number of phosphoric ester groups is 2. The molecule has 2 unspecified atom stereocenters. The van der Waals surface area contributed by atoms with Gasteiger partial charge in [-0.2, -0.15) is 0 Å². The van der Waals surface area contributed by atoms with Crippen molar-refractivity contribution < 1.29 is 81.6 Å². The summed E-state index contributed by atoms with van der Waals surface area (Å²) in [6.45, 7) is -0.271. The van der Waals surface area contributed by atoms with Crippen molar-refractivity contribution in [2.45, 2.75) is 75.1 Å². The van der Waals surface area contributed by atoms with E-state index in [0.29, 0.717) is 4.57 Å². The van der Waals surface area contributed by atoms with E-state index in [2.05, 4.69) is 18.7 Å². The third-order valence-electron chi connectivity index (χ3n) is 6.21. The summed E-state index contributed by atoms with van der Waals surface area (Å²) in [6.07, 6.45) is -15.5. The molecule has 1 aromatic heterocycles. The normalized spacial score (nSPS) is 34.0. The molecule has 2 aliphatic rings.